The Bertz CT molecular complexity index is 473. The van der Waals surface area contributed by atoms with Crippen LogP contribution in [0.15, 0.2) is 12.3 Å². The zero-order valence-electron chi connectivity index (χ0n) is 10.4. The maximum atomic E-state index is 12.0. The number of aliphatic hydroxyl groups is 1. The van der Waals surface area contributed by atoms with E-state index >= 15 is 0 Å². The van der Waals surface area contributed by atoms with Crippen LogP contribution in [0.4, 0.5) is 5.82 Å². The van der Waals surface area contributed by atoms with Gasteiger partial charge in [0.1, 0.15) is 6.54 Å². The van der Waals surface area contributed by atoms with Gasteiger partial charge < -0.3 is 20.1 Å². The summed E-state index contributed by atoms with van der Waals surface area (Å²) in [4.78, 5) is 23.6. The number of amides is 1. The largest absolute Gasteiger partial charge is 0.396 e. The molecule has 0 saturated carbocycles. The lowest BCUT2D eigenvalue weighted by Crippen LogP contribution is -2.32. The minimum Gasteiger partial charge on any atom is -0.396 e. The van der Waals surface area contributed by atoms with Crippen LogP contribution in [0.25, 0.3) is 0 Å². The van der Waals surface area contributed by atoms with Gasteiger partial charge in [0, 0.05) is 19.7 Å². The molecular formula is C11H16N4O4. The van der Waals surface area contributed by atoms with E-state index in [1.54, 1.807) is 4.90 Å². The van der Waals surface area contributed by atoms with E-state index in [1.807, 2.05) is 0 Å². The molecular weight excluding hydrogens is 252 g/mol. The Morgan fingerprint density at radius 3 is 3.05 bits per heavy atom. The molecule has 1 fully saturated rings. The van der Waals surface area contributed by atoms with Gasteiger partial charge in [-0.1, -0.05) is 0 Å². The highest BCUT2D eigenvalue weighted by atomic mass is 16.6. The molecule has 2 rings (SSSR count). The van der Waals surface area contributed by atoms with Crippen LogP contribution in [0.5, 0.6) is 0 Å². The van der Waals surface area contributed by atoms with Crippen molar-refractivity contribution in [3.05, 3.63) is 22.4 Å². The van der Waals surface area contributed by atoms with E-state index in [-0.39, 0.29) is 24.9 Å². The lowest BCUT2D eigenvalue weighted by atomic mass is 10.1. The normalized spacial score (nSPS) is 18.8. The second kappa shape index (κ2) is 5.79. The molecule has 1 N–H and O–H groups in total. The lowest BCUT2D eigenvalue weighted by molar-refractivity contribution is -0.389. The lowest BCUT2D eigenvalue weighted by Gasteiger charge is -2.15. The fourth-order valence-corrected chi connectivity index (χ4v) is 2.25. The standard InChI is InChI=1S/C11H16N4O4/c16-6-3-9-1-4-13(7-9)11(17)8-14-5-2-10(12-14)15(18)19/h2,5,9,16H,1,3-4,6-8H2. The quantitative estimate of drug-likeness (QED) is 0.599. The van der Waals surface area contributed by atoms with Gasteiger partial charge in [0.2, 0.25) is 5.91 Å². The summed E-state index contributed by atoms with van der Waals surface area (Å²) in [5.41, 5.74) is 0. The third-order valence-electron chi connectivity index (χ3n) is 3.29. The number of nitro groups is 1. The maximum Gasteiger partial charge on any atom is 0.389 e. The predicted octanol–water partition coefficient (Wildman–Crippen LogP) is 0.0222. The zero-order chi connectivity index (χ0) is 13.8. The van der Waals surface area contributed by atoms with E-state index < -0.39 is 4.92 Å². The van der Waals surface area contributed by atoms with E-state index in [2.05, 4.69) is 5.10 Å². The van der Waals surface area contributed by atoms with Gasteiger partial charge in [-0.15, -0.1) is 0 Å². The first kappa shape index (κ1) is 13.5. The highest BCUT2D eigenvalue weighted by Crippen LogP contribution is 2.19. The Morgan fingerprint density at radius 2 is 2.42 bits per heavy atom. The Balaban J connectivity index is 1.89. The molecule has 1 aliphatic rings. The summed E-state index contributed by atoms with van der Waals surface area (Å²) in [6, 6.07) is 1.27. The number of likely N-dealkylation sites (tertiary alicyclic amines) is 1. The van der Waals surface area contributed by atoms with Crippen molar-refractivity contribution < 1.29 is 14.8 Å². The number of carbonyl (C=O) groups is 1. The van der Waals surface area contributed by atoms with Gasteiger partial charge >= 0.3 is 5.82 Å². The van der Waals surface area contributed by atoms with Crippen LogP contribution < -0.4 is 0 Å². The molecule has 2 heterocycles. The van der Waals surface area contributed by atoms with Crippen molar-refractivity contribution in [1.82, 2.24) is 14.7 Å². The molecule has 0 bridgehead atoms. The monoisotopic (exact) mass is 268 g/mol. The summed E-state index contributed by atoms with van der Waals surface area (Å²) in [5.74, 6) is -0.00766. The van der Waals surface area contributed by atoms with Gasteiger partial charge in [-0.3, -0.25) is 4.79 Å². The third-order valence-corrected chi connectivity index (χ3v) is 3.29. The number of carbonyl (C=O) groups excluding carboxylic acids is 1. The molecule has 1 atom stereocenters. The third kappa shape index (κ3) is 3.28. The second-order valence-corrected chi connectivity index (χ2v) is 4.64. The molecule has 19 heavy (non-hydrogen) atoms. The van der Waals surface area contributed by atoms with Crippen LogP contribution in [-0.2, 0) is 11.3 Å². The van der Waals surface area contributed by atoms with E-state index in [0.717, 1.165) is 6.42 Å². The molecule has 0 spiro atoms. The number of rotatable bonds is 5. The Kier molecular flexibility index (Phi) is 4.10. The van der Waals surface area contributed by atoms with Gasteiger partial charge in [-0.2, -0.15) is 4.68 Å². The Labute approximate surface area is 109 Å². The topological polar surface area (TPSA) is 102 Å². The number of nitrogens with zero attached hydrogens (tertiary/aromatic N) is 4. The highest BCUT2D eigenvalue weighted by molar-refractivity contribution is 5.76. The summed E-state index contributed by atoms with van der Waals surface area (Å²) >= 11 is 0. The van der Waals surface area contributed by atoms with Crippen LogP contribution in [0.2, 0.25) is 0 Å². The number of aromatic nitrogens is 2. The van der Waals surface area contributed by atoms with E-state index in [4.69, 9.17) is 5.11 Å². The SMILES string of the molecule is O=C(Cn1ccc([N+](=O)[O-])n1)N1CCC(CCO)C1. The van der Waals surface area contributed by atoms with Crippen LogP contribution in [0, 0.1) is 16.0 Å². The smallest absolute Gasteiger partial charge is 0.389 e. The summed E-state index contributed by atoms with van der Waals surface area (Å²) in [6.45, 7) is 1.47. The van der Waals surface area contributed by atoms with Gasteiger partial charge in [-0.25, -0.2) is 0 Å². The Morgan fingerprint density at radius 1 is 1.63 bits per heavy atom. The summed E-state index contributed by atoms with van der Waals surface area (Å²) in [7, 11) is 0. The second-order valence-electron chi connectivity index (χ2n) is 4.64. The van der Waals surface area contributed by atoms with Crippen molar-refractivity contribution in [2.45, 2.75) is 19.4 Å². The first-order chi connectivity index (χ1) is 9.10. The van der Waals surface area contributed by atoms with Crippen molar-refractivity contribution in [3.8, 4) is 0 Å². The van der Waals surface area contributed by atoms with Crippen LogP contribution in [0.3, 0.4) is 0 Å². The number of hydrogen-bond acceptors (Lipinski definition) is 5. The average Bonchev–Trinajstić information content (AvgIpc) is 2.98. The molecule has 1 saturated heterocycles. The van der Waals surface area contributed by atoms with Gasteiger partial charge in [0.05, 0.1) is 17.4 Å². The molecule has 0 aliphatic carbocycles. The van der Waals surface area contributed by atoms with Crippen molar-refractivity contribution in [3.63, 3.8) is 0 Å². The van der Waals surface area contributed by atoms with E-state index in [9.17, 15) is 14.9 Å². The summed E-state index contributed by atoms with van der Waals surface area (Å²) in [5, 5.41) is 23.0. The molecule has 1 unspecified atom stereocenters. The predicted molar refractivity (Wildman–Crippen MR) is 65.3 cm³/mol. The van der Waals surface area contributed by atoms with Crippen molar-refractivity contribution in [1.29, 1.82) is 0 Å². The zero-order valence-corrected chi connectivity index (χ0v) is 10.4. The van der Waals surface area contributed by atoms with E-state index in [0.29, 0.717) is 25.4 Å². The molecule has 8 nitrogen and oxygen atoms in total. The minimum atomic E-state index is -0.589. The van der Waals surface area contributed by atoms with Crippen LogP contribution in [0.1, 0.15) is 12.8 Å². The summed E-state index contributed by atoms with van der Waals surface area (Å²) in [6.07, 6.45) is 3.03. The molecule has 104 valence electrons. The number of hydrogen-bond donors (Lipinski definition) is 1. The molecule has 1 aromatic heterocycles. The van der Waals surface area contributed by atoms with E-state index in [1.165, 1.54) is 16.9 Å². The molecule has 1 aliphatic heterocycles. The van der Waals surface area contributed by atoms with Crippen LogP contribution >= 0.6 is 0 Å². The van der Waals surface area contributed by atoms with Crippen molar-refractivity contribution in [2.24, 2.45) is 5.92 Å². The maximum absolute atomic E-state index is 12.0. The average molecular weight is 268 g/mol. The first-order valence-electron chi connectivity index (χ1n) is 6.16. The molecule has 8 heteroatoms. The fraction of sp³-hybridized carbons (Fsp3) is 0.636. The fourth-order valence-electron chi connectivity index (χ4n) is 2.25. The highest BCUT2D eigenvalue weighted by Gasteiger charge is 2.26. The number of aliphatic hydroxyl groups excluding tert-OH is 1. The molecule has 0 radical (unpaired) electrons. The molecule has 0 aromatic carbocycles. The van der Waals surface area contributed by atoms with Crippen LogP contribution in [-0.4, -0.2) is 50.3 Å². The first-order valence-corrected chi connectivity index (χ1v) is 6.16. The Hall–Kier alpha value is -1.96. The minimum absolute atomic E-state index is 0.0136. The van der Waals surface area contributed by atoms with Crippen molar-refractivity contribution in [2.75, 3.05) is 19.7 Å². The van der Waals surface area contributed by atoms with Gasteiger partial charge in [0.25, 0.3) is 0 Å². The van der Waals surface area contributed by atoms with Gasteiger partial charge in [0.15, 0.2) is 0 Å². The van der Waals surface area contributed by atoms with Gasteiger partial charge in [-0.05, 0) is 23.7 Å². The molecule has 1 amide bonds. The van der Waals surface area contributed by atoms with Crippen molar-refractivity contribution >= 4 is 11.7 Å². The molecule has 1 aromatic rings. The summed E-state index contributed by atoms with van der Waals surface area (Å²) < 4.78 is 1.28.